The van der Waals surface area contributed by atoms with Gasteiger partial charge in [0.2, 0.25) is 47.3 Å². The third-order valence-electron chi connectivity index (χ3n) is 30.4. The Labute approximate surface area is 868 Å². The van der Waals surface area contributed by atoms with E-state index in [2.05, 4.69) is 70.2 Å². The summed E-state index contributed by atoms with van der Waals surface area (Å²) in [7, 11) is -14.0. The third kappa shape index (κ3) is 73.5. The van der Waals surface area contributed by atoms with Gasteiger partial charge in [0.15, 0.2) is 0 Å². The number of carbonyl (C=O) groups is 8. The second kappa shape index (κ2) is 90.6. The standard InChI is InChI=1S/C116H232N8O12Si4/c1-17-25-29-33-37-41-45-49-53-57-61-65-69-73-77-81-93-117-113(129)109(101(9)21-5)121-105(125)89-85-97-137(13)133-138(14,98-86-90-106(126)122-110(102(10)22-6)114(130)118-94-82-78-74-70-66-62-58-54-50-46-42-38-34-30-26-18-2)135-140(16,100-88-92-108(128)124-112(104(12)24-8)116(132)120-96-84-80-76-72-68-64-60-56-52-48-44-40-36-32-28-20-4)136-139(15,134-137)99-87-91-107(127)123-111(103(11)23-7)115(131)119-95-83-79-75-71-67-63-59-55-51-47-43-39-35-31-27-19-3/h101-104,109-112H,17-100H2,1-16H3,(H,117,129)(H,118,130)(H,119,131)(H,120,132)(H,121,125)(H,122,126)(H,123,127)(H,124,128)/t101-,102-,103-,104-,109-,110-,111-,112-,137?,138?,139?,140?/m0/s1. The smallest absolute Gasteiger partial charge is 0.317 e. The van der Waals surface area contributed by atoms with E-state index >= 15 is 0 Å². The largest absolute Gasteiger partial charge is 0.416 e. The summed E-state index contributed by atoms with van der Waals surface area (Å²) in [6, 6.07) is -1.33. The normalized spacial score (nSPS) is 18.4. The first kappa shape index (κ1) is 134. The third-order valence-corrected chi connectivity index (χ3v) is 49.3. The lowest BCUT2D eigenvalue weighted by Crippen LogP contribution is -2.67. The van der Waals surface area contributed by atoms with Gasteiger partial charge < -0.3 is 59.0 Å². The van der Waals surface area contributed by atoms with Crippen molar-refractivity contribution in [2.24, 2.45) is 23.7 Å². The Morgan fingerprint density at radius 1 is 0.186 bits per heavy atom. The van der Waals surface area contributed by atoms with Crippen molar-refractivity contribution in [2.75, 3.05) is 26.2 Å². The van der Waals surface area contributed by atoms with E-state index in [1.165, 1.54) is 334 Å². The molecule has 0 bridgehead atoms. The molecule has 140 heavy (non-hydrogen) atoms. The Kier molecular flexibility index (Phi) is 87.0. The lowest BCUT2D eigenvalue weighted by atomic mass is 9.98. The zero-order valence-corrected chi connectivity index (χ0v) is 98.9. The van der Waals surface area contributed by atoms with Crippen LogP contribution < -0.4 is 42.5 Å². The Bertz CT molecular complexity index is 2610. The van der Waals surface area contributed by atoms with Gasteiger partial charge in [-0.1, -0.05) is 494 Å². The van der Waals surface area contributed by atoms with E-state index < -0.39 is 58.4 Å². The van der Waals surface area contributed by atoms with Gasteiger partial charge in [-0.15, -0.1) is 0 Å². The van der Waals surface area contributed by atoms with Crippen LogP contribution in [0.1, 0.15) is 571 Å². The molecule has 8 N–H and O–H groups in total. The Morgan fingerprint density at radius 2 is 0.307 bits per heavy atom. The van der Waals surface area contributed by atoms with E-state index in [1.807, 2.05) is 81.6 Å². The second-order valence-corrected chi connectivity index (χ2v) is 58.8. The van der Waals surface area contributed by atoms with Crippen LogP contribution in [0.4, 0.5) is 0 Å². The molecule has 8 atom stereocenters. The number of hydrogen-bond donors (Lipinski definition) is 8. The van der Waals surface area contributed by atoms with Crippen LogP contribution in [-0.4, -0.2) is 132 Å². The Morgan fingerprint density at radius 3 is 0.429 bits per heavy atom. The number of hydrogen-bond acceptors (Lipinski definition) is 12. The summed E-state index contributed by atoms with van der Waals surface area (Å²) in [5.74, 6) is -2.03. The predicted octanol–water partition coefficient (Wildman–Crippen LogP) is 31.1. The lowest BCUT2D eigenvalue weighted by molar-refractivity contribution is -0.130. The molecule has 824 valence electrons. The second-order valence-electron chi connectivity index (χ2n) is 44.5. The van der Waals surface area contributed by atoms with Crippen molar-refractivity contribution in [1.82, 2.24) is 42.5 Å². The van der Waals surface area contributed by atoms with Crippen LogP contribution in [0.5, 0.6) is 0 Å². The Hall–Kier alpha value is -3.53. The zero-order valence-electron chi connectivity index (χ0n) is 94.9. The fourth-order valence-electron chi connectivity index (χ4n) is 20.4. The molecule has 20 nitrogen and oxygen atoms in total. The van der Waals surface area contributed by atoms with Gasteiger partial charge in [0.1, 0.15) is 24.2 Å². The fraction of sp³-hybridized carbons (Fsp3) is 0.931. The van der Waals surface area contributed by atoms with Crippen molar-refractivity contribution in [3.63, 3.8) is 0 Å². The highest BCUT2D eigenvalue weighted by Crippen LogP contribution is 2.40. The molecule has 1 rings (SSSR count). The molecule has 1 aliphatic heterocycles. The molecule has 0 aromatic rings. The number of unbranched alkanes of at least 4 members (excludes halogenated alkanes) is 60. The first-order valence-corrected chi connectivity index (χ1v) is 70.8. The lowest BCUT2D eigenvalue weighted by Gasteiger charge is -2.50. The van der Waals surface area contributed by atoms with Gasteiger partial charge in [-0.05, 0) is 125 Å². The molecular weight excluding hydrogens is 1810 g/mol. The van der Waals surface area contributed by atoms with Gasteiger partial charge in [-0.25, -0.2) is 0 Å². The van der Waals surface area contributed by atoms with E-state index in [9.17, 15) is 38.4 Å². The van der Waals surface area contributed by atoms with Crippen molar-refractivity contribution in [1.29, 1.82) is 0 Å². The van der Waals surface area contributed by atoms with Crippen molar-refractivity contribution >= 4 is 81.5 Å². The fourth-order valence-corrected chi connectivity index (χ4v) is 43.7. The summed E-state index contributed by atoms with van der Waals surface area (Å²) < 4.78 is 30.8. The van der Waals surface area contributed by atoms with Gasteiger partial charge in [-0.2, -0.15) is 0 Å². The summed E-state index contributed by atoms with van der Waals surface area (Å²) >= 11 is 0. The van der Waals surface area contributed by atoms with E-state index in [0.717, 1.165) is 77.0 Å². The highest BCUT2D eigenvalue weighted by Gasteiger charge is 2.57. The van der Waals surface area contributed by atoms with Crippen LogP contribution in [0.25, 0.3) is 0 Å². The van der Waals surface area contributed by atoms with Crippen molar-refractivity contribution in [2.45, 2.75) is 646 Å². The van der Waals surface area contributed by atoms with E-state index in [-0.39, 0.29) is 96.6 Å². The summed E-state index contributed by atoms with van der Waals surface area (Å²) in [5, 5.41) is 25.4. The zero-order chi connectivity index (χ0) is 103. The van der Waals surface area contributed by atoms with Crippen LogP contribution in [0.3, 0.4) is 0 Å². The van der Waals surface area contributed by atoms with Crippen LogP contribution in [0.15, 0.2) is 0 Å². The van der Waals surface area contributed by atoms with E-state index in [0.29, 0.717) is 102 Å². The molecule has 0 aromatic carbocycles. The molecule has 0 aromatic heterocycles. The number of nitrogens with one attached hydrogen (secondary N) is 8. The SMILES string of the molecule is CCCCCCCCCCCCCCCCCCNC(=O)[C@@H](NC(=O)CCC[Si]1(C)O[Si](C)(CCCC(=O)N[C@H](C(=O)NCCCCCCCCCCCCCCCCCC)[C@@H](C)CC)O[Si](C)(CCCC(=O)N[C@H](C(=O)NCCCCCCCCCCCCCCCCCC)[C@@H](C)CC)O[Si](C)(CCCC(=O)N[C@H](C(=O)NCCCCCCCCCCCCCCCCCC)[C@@H](C)CC)O1)[C@@H](C)CC. The van der Waals surface area contributed by atoms with Crippen LogP contribution >= 0.6 is 0 Å². The number of rotatable bonds is 100. The van der Waals surface area contributed by atoms with Crippen molar-refractivity contribution in [3.8, 4) is 0 Å². The maximum absolute atomic E-state index is 14.4. The van der Waals surface area contributed by atoms with Gasteiger partial charge in [0.25, 0.3) is 0 Å². The number of amides is 8. The van der Waals surface area contributed by atoms with E-state index in [1.54, 1.807) is 0 Å². The first-order chi connectivity index (χ1) is 67.7. The maximum atomic E-state index is 14.4. The summed E-state index contributed by atoms with van der Waals surface area (Å²) in [6.45, 7) is 35.7. The summed E-state index contributed by atoms with van der Waals surface area (Å²) in [6.07, 6.45) is 86.4. The van der Waals surface area contributed by atoms with Crippen molar-refractivity contribution < 1.29 is 54.8 Å². The first-order valence-electron chi connectivity index (χ1n) is 60.8. The number of carbonyl (C=O) groups excluding carboxylic acids is 8. The topological polar surface area (TPSA) is 270 Å². The summed E-state index contributed by atoms with van der Waals surface area (Å²) in [5.41, 5.74) is 0. The predicted molar refractivity (Wildman–Crippen MR) is 603 cm³/mol. The average Bonchev–Trinajstić information content (AvgIpc) is 0.764. The molecule has 1 fully saturated rings. The minimum atomic E-state index is -3.51. The Balaban J connectivity index is 3.60. The van der Waals surface area contributed by atoms with Crippen molar-refractivity contribution in [3.05, 3.63) is 0 Å². The van der Waals surface area contributed by atoms with Gasteiger partial charge in [0, 0.05) is 51.9 Å². The molecule has 0 unspecified atom stereocenters. The molecule has 0 saturated carbocycles. The maximum Gasteiger partial charge on any atom is 0.317 e. The molecular formula is C116H232N8O12Si4. The highest BCUT2D eigenvalue weighted by atomic mass is 28.5. The van der Waals surface area contributed by atoms with Gasteiger partial charge in [-0.3, -0.25) is 38.4 Å². The minimum absolute atomic E-state index is 0.107. The molecule has 1 saturated heterocycles. The van der Waals surface area contributed by atoms with Crippen LogP contribution in [-0.2, 0) is 54.8 Å². The molecule has 0 radical (unpaired) electrons. The highest BCUT2D eigenvalue weighted by molar-refractivity contribution is 6.94. The monoisotopic (exact) mass is 2040 g/mol. The van der Waals surface area contributed by atoms with Gasteiger partial charge in [0.05, 0.1) is 0 Å². The quantitative estimate of drug-likeness (QED) is 0.0209. The van der Waals surface area contributed by atoms with E-state index in [4.69, 9.17) is 16.5 Å². The molecule has 24 heteroatoms. The molecule has 0 spiro atoms. The molecule has 0 aliphatic carbocycles. The molecule has 1 aliphatic rings. The summed E-state index contributed by atoms with van der Waals surface area (Å²) in [4.78, 5) is 114. The van der Waals surface area contributed by atoms with Gasteiger partial charge >= 0.3 is 34.2 Å². The van der Waals surface area contributed by atoms with Crippen LogP contribution in [0.2, 0.25) is 50.4 Å². The molecule has 8 amide bonds. The average molecular weight is 2040 g/mol. The molecule has 1 heterocycles. The minimum Gasteiger partial charge on any atom is -0.416 e. The van der Waals surface area contributed by atoms with Crippen LogP contribution in [0, 0.1) is 23.7 Å².